The predicted molar refractivity (Wildman–Crippen MR) is 36.9 cm³/mol. The van der Waals surface area contributed by atoms with E-state index in [9.17, 15) is 5.11 Å². The fourth-order valence-electron chi connectivity index (χ4n) is 0. The van der Waals surface area contributed by atoms with Crippen molar-refractivity contribution in [3.8, 4) is 0 Å². The second-order valence-electron chi connectivity index (χ2n) is 0.928. The molecule has 0 amide bonds. The molecule has 0 saturated heterocycles. The van der Waals surface area contributed by atoms with Gasteiger partial charge in [0.15, 0.2) is 0 Å². The van der Waals surface area contributed by atoms with Gasteiger partial charge in [0.2, 0.25) is 0 Å². The van der Waals surface area contributed by atoms with Gasteiger partial charge < -0.3 is 15.0 Å². The molecule has 11 heavy (non-hydrogen) atoms. The first-order valence-electron chi connectivity index (χ1n) is 1.84. The summed E-state index contributed by atoms with van der Waals surface area (Å²) in [5, 5.41) is 18.7. The van der Waals surface area contributed by atoms with E-state index in [1.54, 1.807) is 0 Å². The van der Waals surface area contributed by atoms with Gasteiger partial charge in [-0.2, -0.15) is 0 Å². The minimum atomic E-state index is -1.31. The maximum absolute atomic E-state index is 9.26. The minimum Gasteiger partial charge on any atom is -0.868 e. The second-order valence-corrected chi connectivity index (χ2v) is 1.74. The van der Waals surface area contributed by atoms with Gasteiger partial charge in [-0.3, -0.25) is 0 Å². The fourth-order valence-corrected chi connectivity index (χ4v) is 0. The van der Waals surface area contributed by atoms with Crippen molar-refractivity contribution in [3.05, 3.63) is 0 Å². The number of hydrogen-bond donors (Lipinski definition) is 0. The molecule has 0 aromatic rings. The van der Waals surface area contributed by atoms with E-state index in [1.165, 1.54) is 6.92 Å². The van der Waals surface area contributed by atoms with Gasteiger partial charge in [-0.25, -0.2) is 0 Å². The number of carbonyl (C=O) groups is 1. The van der Waals surface area contributed by atoms with Gasteiger partial charge in [-0.15, -0.1) is 12.2 Å². The van der Waals surface area contributed by atoms with E-state index in [2.05, 4.69) is 24.4 Å². The molecular formula is C4H4K2O3S2. The first kappa shape index (κ1) is 23.5. The van der Waals surface area contributed by atoms with Crippen molar-refractivity contribution < 1.29 is 118 Å². The van der Waals surface area contributed by atoms with E-state index in [1.807, 2.05) is 0 Å². The summed E-state index contributed by atoms with van der Waals surface area (Å²) in [6, 6.07) is 0. The van der Waals surface area contributed by atoms with Crippen molar-refractivity contribution in [2.45, 2.75) is 6.92 Å². The Balaban J connectivity index is -0.0000000383. The average Bonchev–Trinajstić information content (AvgIpc) is 1.65. The van der Waals surface area contributed by atoms with Crippen LogP contribution in [0.15, 0.2) is 0 Å². The topological polar surface area (TPSA) is 63.2 Å². The zero-order valence-corrected chi connectivity index (χ0v) is 14.5. The standard InChI is InChI=1S/C2H2O2S.C2H4OS.2K/c3-2(4)1-5;1-2(3)4;;/h1H,(H,3,4);1H3,(H,3,4);;/q;;2*+1/p-2. The summed E-state index contributed by atoms with van der Waals surface area (Å²) in [4.78, 5) is 9.10. The quantitative estimate of drug-likeness (QED) is 0.338. The normalized spacial score (nSPS) is 5.18. The number of aliphatic carboxylic acids is 1. The summed E-state index contributed by atoms with van der Waals surface area (Å²) in [7, 11) is 0. The van der Waals surface area contributed by atoms with Crippen molar-refractivity contribution in [3.63, 3.8) is 0 Å². The molecule has 7 heteroatoms. The van der Waals surface area contributed by atoms with E-state index < -0.39 is 5.97 Å². The van der Waals surface area contributed by atoms with Gasteiger partial charge in [-0.1, -0.05) is 17.3 Å². The average molecular weight is 242 g/mol. The molecule has 0 radical (unpaired) electrons. The zero-order valence-electron chi connectivity index (χ0n) is 6.62. The fraction of sp³-hybridized carbons (Fsp3) is 0.250. The number of carboxylic acid groups (broad SMARTS) is 1. The summed E-state index contributed by atoms with van der Waals surface area (Å²) in [6.45, 7) is 1.34. The van der Waals surface area contributed by atoms with Crippen LogP contribution < -0.4 is 113 Å². The molecule has 0 N–H and O–H groups in total. The Bertz CT molecular complexity index is 125. The molecule has 0 unspecified atom stereocenters. The monoisotopic (exact) mass is 242 g/mol. The van der Waals surface area contributed by atoms with Crippen LogP contribution in [0.2, 0.25) is 0 Å². The largest absolute Gasteiger partial charge is 1.00 e. The van der Waals surface area contributed by atoms with Crippen molar-refractivity contribution >= 4 is 40.8 Å². The van der Waals surface area contributed by atoms with Gasteiger partial charge in [-0.05, 0) is 6.92 Å². The molecule has 0 heterocycles. The Morgan fingerprint density at radius 2 is 1.45 bits per heavy atom. The number of rotatable bonds is 1. The van der Waals surface area contributed by atoms with Gasteiger partial charge >= 0.3 is 103 Å². The predicted octanol–water partition coefficient (Wildman–Crippen LogP) is -7.56. The summed E-state index contributed by atoms with van der Waals surface area (Å²) in [5.41, 5.74) is 0. The SMILES string of the molecule is CC([O-])=S.O=C([O-])C=S.[K+].[K+]. The van der Waals surface area contributed by atoms with Crippen LogP contribution in [-0.4, -0.2) is 16.4 Å². The van der Waals surface area contributed by atoms with Crippen molar-refractivity contribution in [2.24, 2.45) is 0 Å². The van der Waals surface area contributed by atoms with Crippen LogP contribution >= 0.6 is 24.4 Å². The van der Waals surface area contributed by atoms with Crippen LogP contribution in [0.5, 0.6) is 0 Å². The van der Waals surface area contributed by atoms with Gasteiger partial charge in [0.1, 0.15) is 0 Å². The van der Waals surface area contributed by atoms with E-state index in [4.69, 9.17) is 9.90 Å². The molecule has 0 aromatic heterocycles. The first-order valence-corrected chi connectivity index (χ1v) is 2.72. The Hall–Kier alpha value is 2.72. The van der Waals surface area contributed by atoms with Crippen LogP contribution in [0.1, 0.15) is 6.92 Å². The molecular weight excluding hydrogens is 238 g/mol. The summed E-state index contributed by atoms with van der Waals surface area (Å²) in [5.74, 6) is -1.31. The molecule has 0 aromatic carbocycles. The van der Waals surface area contributed by atoms with Gasteiger partial charge in [0, 0.05) is 5.37 Å². The number of hydrogen-bond acceptors (Lipinski definition) is 5. The van der Waals surface area contributed by atoms with E-state index in [-0.39, 0.29) is 108 Å². The first-order chi connectivity index (χ1) is 4.00. The molecule has 0 atom stereocenters. The maximum Gasteiger partial charge on any atom is 1.00 e. The molecule has 0 aliphatic heterocycles. The second kappa shape index (κ2) is 18.5. The van der Waals surface area contributed by atoms with Crippen LogP contribution in [-0.2, 0) is 4.79 Å². The maximum atomic E-state index is 9.26. The van der Waals surface area contributed by atoms with Crippen LogP contribution in [0.4, 0.5) is 0 Å². The number of carboxylic acids is 1. The Morgan fingerprint density at radius 3 is 1.45 bits per heavy atom. The van der Waals surface area contributed by atoms with Crippen molar-refractivity contribution in [1.29, 1.82) is 0 Å². The van der Waals surface area contributed by atoms with Crippen molar-refractivity contribution in [2.75, 3.05) is 0 Å². The van der Waals surface area contributed by atoms with Crippen molar-refractivity contribution in [1.82, 2.24) is 0 Å². The molecule has 0 rings (SSSR count). The molecule has 0 saturated carbocycles. The van der Waals surface area contributed by atoms with Gasteiger partial charge in [0.25, 0.3) is 0 Å². The van der Waals surface area contributed by atoms with E-state index >= 15 is 0 Å². The minimum absolute atomic E-state index is 0. The van der Waals surface area contributed by atoms with Crippen LogP contribution in [0, 0.1) is 0 Å². The van der Waals surface area contributed by atoms with Crippen LogP contribution in [0.3, 0.4) is 0 Å². The Morgan fingerprint density at radius 1 is 1.36 bits per heavy atom. The molecule has 3 nitrogen and oxygen atoms in total. The molecule has 0 spiro atoms. The zero-order chi connectivity index (χ0) is 7.86. The molecule has 52 valence electrons. The third-order valence-corrected chi connectivity index (χ3v) is 0.289. The number of carbonyl (C=O) groups excluding carboxylic acids is 1. The van der Waals surface area contributed by atoms with Gasteiger partial charge in [0.05, 0.1) is 5.97 Å². The molecule has 0 fully saturated rings. The van der Waals surface area contributed by atoms with Crippen LogP contribution in [0.25, 0.3) is 0 Å². The Labute approximate surface area is 161 Å². The molecule has 0 aliphatic carbocycles. The summed E-state index contributed by atoms with van der Waals surface area (Å²) in [6.07, 6.45) is 0. The summed E-state index contributed by atoms with van der Waals surface area (Å²) < 4.78 is 0. The third-order valence-electron chi connectivity index (χ3n) is 0.0962. The number of thiocarbonyl (C=S) groups is 2. The molecule has 0 bridgehead atoms. The summed E-state index contributed by atoms with van der Waals surface area (Å²) >= 11 is 7.87. The van der Waals surface area contributed by atoms with E-state index in [0.29, 0.717) is 5.37 Å². The smallest absolute Gasteiger partial charge is 0.868 e. The Kier molecular flexibility index (Phi) is 39.5. The van der Waals surface area contributed by atoms with E-state index in [0.717, 1.165) is 0 Å². The third kappa shape index (κ3) is 65.6. The molecule has 0 aliphatic rings.